The van der Waals surface area contributed by atoms with Gasteiger partial charge in [-0.15, -0.1) is 4.31 Å². The van der Waals surface area contributed by atoms with Crippen LogP contribution in [-0.4, -0.2) is 32.2 Å². The molecule has 3 heterocycles. The summed E-state index contributed by atoms with van der Waals surface area (Å²) in [6, 6.07) is 19.7. The predicted molar refractivity (Wildman–Crippen MR) is 138 cm³/mol. The molecule has 2 aromatic carbocycles. The lowest BCUT2D eigenvalue weighted by molar-refractivity contribution is 0.0519. The minimum atomic E-state index is -1.08. The van der Waals surface area contributed by atoms with Crippen LogP contribution in [0.15, 0.2) is 65.1 Å². The molecule has 0 spiro atoms. The smallest absolute Gasteiger partial charge is 0.356 e. The number of para-hydroxylation sites is 1. The zero-order chi connectivity index (χ0) is 24.4. The van der Waals surface area contributed by atoms with Gasteiger partial charge < -0.3 is 13.7 Å². The van der Waals surface area contributed by atoms with E-state index in [0.717, 1.165) is 57.5 Å². The highest BCUT2D eigenvalue weighted by atomic mass is 32.2. The quantitative estimate of drug-likeness (QED) is 0.220. The summed E-state index contributed by atoms with van der Waals surface area (Å²) in [4.78, 5) is 17.3. The van der Waals surface area contributed by atoms with Gasteiger partial charge in [0, 0.05) is 33.4 Å². The van der Waals surface area contributed by atoms with Gasteiger partial charge in [0.2, 0.25) is 0 Å². The van der Waals surface area contributed by atoms with Crippen molar-refractivity contribution >= 4 is 28.3 Å². The first kappa shape index (κ1) is 23.6. The third-order valence-electron chi connectivity index (χ3n) is 6.19. The standard InChI is InChI=1S/C28H28N2O4S/c1-3-5-13-35(32)30-17-22-15-24(28(31)33-4-2)29-27(23(22)18-30)21-11-8-10-19(14-21)26-16-20-9-6-7-12-25(20)34-26/h6-12,14-16H,3-5,13,17-18H2,1-2H3. The van der Waals surface area contributed by atoms with Gasteiger partial charge in [0.1, 0.15) is 22.8 Å². The summed E-state index contributed by atoms with van der Waals surface area (Å²) < 4.78 is 26.2. The summed E-state index contributed by atoms with van der Waals surface area (Å²) in [5, 5.41) is 1.04. The highest BCUT2D eigenvalue weighted by molar-refractivity contribution is 7.89. The van der Waals surface area contributed by atoms with Crippen molar-refractivity contribution in [1.29, 1.82) is 0 Å². The van der Waals surface area contributed by atoms with Gasteiger partial charge in [0.05, 0.1) is 25.4 Å². The Morgan fingerprint density at radius 3 is 2.71 bits per heavy atom. The molecule has 180 valence electrons. The average molecular weight is 489 g/mol. The summed E-state index contributed by atoms with van der Waals surface area (Å²) in [6.45, 7) is 5.21. The van der Waals surface area contributed by atoms with E-state index in [1.54, 1.807) is 13.0 Å². The molecule has 0 saturated carbocycles. The number of carbonyl (C=O) groups excluding carboxylic acids is 1. The molecule has 0 saturated heterocycles. The number of pyridine rings is 1. The molecule has 4 aromatic rings. The summed E-state index contributed by atoms with van der Waals surface area (Å²) >= 11 is -1.08. The van der Waals surface area contributed by atoms with Crippen LogP contribution >= 0.6 is 0 Å². The van der Waals surface area contributed by atoms with E-state index in [4.69, 9.17) is 14.1 Å². The maximum absolute atomic E-state index is 12.9. The number of benzene rings is 2. The molecule has 2 aromatic heterocycles. The van der Waals surface area contributed by atoms with Crippen molar-refractivity contribution in [3.8, 4) is 22.6 Å². The topological polar surface area (TPSA) is 78.6 Å². The Hall–Kier alpha value is -3.13. The fraction of sp³-hybridized carbons (Fsp3) is 0.286. The molecule has 0 aliphatic carbocycles. The van der Waals surface area contributed by atoms with Gasteiger partial charge in [-0.2, -0.15) is 0 Å². The molecule has 1 unspecified atom stereocenters. The Bertz CT molecular complexity index is 1330. The molecule has 0 bridgehead atoms. The lowest BCUT2D eigenvalue weighted by atomic mass is 9.99. The van der Waals surface area contributed by atoms with Crippen molar-refractivity contribution in [2.45, 2.75) is 39.8 Å². The second-order valence-corrected chi connectivity index (χ2v) is 10.2. The number of rotatable bonds is 8. The third kappa shape index (κ3) is 4.85. The van der Waals surface area contributed by atoms with Gasteiger partial charge in [0.25, 0.3) is 0 Å². The summed E-state index contributed by atoms with van der Waals surface area (Å²) in [5.74, 6) is 0.962. The number of hydrogen-bond donors (Lipinski definition) is 0. The van der Waals surface area contributed by atoms with E-state index < -0.39 is 17.3 Å². The van der Waals surface area contributed by atoms with E-state index in [9.17, 15) is 9.35 Å². The lowest BCUT2D eigenvalue weighted by Gasteiger charge is -2.19. The SMILES string of the molecule is CCCC[S+]([O-])N1Cc2cc(C(=O)OCC)nc(-c3cccc(-c4cc5ccccc5o4)c3)c2C1. The molecule has 1 aliphatic heterocycles. The largest absolute Gasteiger partial charge is 0.598 e. The Morgan fingerprint density at radius 1 is 1.09 bits per heavy atom. The highest BCUT2D eigenvalue weighted by Crippen LogP contribution is 2.36. The molecular formula is C28H28N2O4S. The number of unbranched alkanes of at least 4 members (excludes halogenated alkanes) is 1. The molecule has 0 fully saturated rings. The second-order valence-electron chi connectivity index (χ2n) is 8.62. The molecular weight excluding hydrogens is 460 g/mol. The highest BCUT2D eigenvalue weighted by Gasteiger charge is 2.32. The number of furan rings is 1. The molecule has 6 nitrogen and oxygen atoms in total. The first-order valence-electron chi connectivity index (χ1n) is 12.0. The Kier molecular flexibility index (Phi) is 6.90. The van der Waals surface area contributed by atoms with Crippen molar-refractivity contribution in [1.82, 2.24) is 9.29 Å². The Labute approximate surface area is 208 Å². The molecule has 1 atom stereocenters. The van der Waals surface area contributed by atoms with Crippen LogP contribution in [-0.2, 0) is 29.2 Å². The summed E-state index contributed by atoms with van der Waals surface area (Å²) in [6.07, 6.45) is 1.92. The zero-order valence-corrected chi connectivity index (χ0v) is 20.8. The number of esters is 1. The summed E-state index contributed by atoms with van der Waals surface area (Å²) in [5.41, 5.74) is 5.61. The molecule has 5 rings (SSSR count). The van der Waals surface area contributed by atoms with Crippen molar-refractivity contribution in [2.75, 3.05) is 12.4 Å². The van der Waals surface area contributed by atoms with Crippen LogP contribution in [0.4, 0.5) is 0 Å². The number of carbonyl (C=O) groups is 1. The predicted octanol–water partition coefficient (Wildman–Crippen LogP) is 6.12. The molecule has 35 heavy (non-hydrogen) atoms. The monoisotopic (exact) mass is 488 g/mol. The van der Waals surface area contributed by atoms with E-state index in [1.807, 2.05) is 58.9 Å². The minimum absolute atomic E-state index is 0.274. The number of nitrogens with zero attached hydrogens (tertiary/aromatic N) is 2. The lowest BCUT2D eigenvalue weighted by Crippen LogP contribution is -2.28. The molecule has 0 N–H and O–H groups in total. The van der Waals surface area contributed by atoms with Crippen molar-refractivity contribution in [2.24, 2.45) is 0 Å². The van der Waals surface area contributed by atoms with E-state index in [0.29, 0.717) is 18.8 Å². The van der Waals surface area contributed by atoms with Crippen molar-refractivity contribution in [3.05, 3.63) is 77.5 Å². The fourth-order valence-corrected chi connectivity index (χ4v) is 5.75. The van der Waals surface area contributed by atoms with E-state index in [1.165, 1.54) is 0 Å². The van der Waals surface area contributed by atoms with Crippen LogP contribution in [0.5, 0.6) is 0 Å². The van der Waals surface area contributed by atoms with Gasteiger partial charge >= 0.3 is 5.97 Å². The first-order valence-corrected chi connectivity index (χ1v) is 13.3. The molecule has 0 amide bonds. The number of aromatic nitrogens is 1. The van der Waals surface area contributed by atoms with Crippen LogP contribution in [0.1, 0.15) is 48.3 Å². The normalized spacial score (nSPS) is 14.3. The second kappa shape index (κ2) is 10.2. The first-order chi connectivity index (χ1) is 17.1. The average Bonchev–Trinajstić information content (AvgIpc) is 3.51. The maximum Gasteiger partial charge on any atom is 0.356 e. The van der Waals surface area contributed by atoms with Gasteiger partial charge in [-0.1, -0.05) is 49.7 Å². The van der Waals surface area contributed by atoms with Crippen molar-refractivity contribution in [3.63, 3.8) is 0 Å². The zero-order valence-electron chi connectivity index (χ0n) is 20.0. The van der Waals surface area contributed by atoms with E-state index in [-0.39, 0.29) is 12.3 Å². The third-order valence-corrected chi connectivity index (χ3v) is 7.66. The van der Waals surface area contributed by atoms with Gasteiger partial charge in [0.15, 0.2) is 0 Å². The van der Waals surface area contributed by atoms with Crippen LogP contribution < -0.4 is 0 Å². The fourth-order valence-electron chi connectivity index (χ4n) is 4.40. The molecule has 7 heteroatoms. The molecule has 1 aliphatic rings. The van der Waals surface area contributed by atoms with Crippen molar-refractivity contribution < 1.29 is 18.5 Å². The van der Waals surface area contributed by atoms with Crippen LogP contribution in [0, 0.1) is 0 Å². The number of fused-ring (bicyclic) bond motifs is 2. The Balaban J connectivity index is 1.55. The van der Waals surface area contributed by atoms with Gasteiger partial charge in [-0.05, 0) is 43.2 Å². The summed E-state index contributed by atoms with van der Waals surface area (Å²) in [7, 11) is 0. The van der Waals surface area contributed by atoms with Crippen LogP contribution in [0.3, 0.4) is 0 Å². The van der Waals surface area contributed by atoms with Crippen LogP contribution in [0.25, 0.3) is 33.6 Å². The number of ether oxygens (including phenoxy) is 1. The maximum atomic E-state index is 12.9. The van der Waals surface area contributed by atoms with E-state index >= 15 is 0 Å². The minimum Gasteiger partial charge on any atom is -0.598 e. The Morgan fingerprint density at radius 2 is 1.91 bits per heavy atom. The van der Waals surface area contributed by atoms with Gasteiger partial charge in [-0.25, -0.2) is 9.78 Å². The van der Waals surface area contributed by atoms with E-state index in [2.05, 4.69) is 6.92 Å². The van der Waals surface area contributed by atoms with Gasteiger partial charge in [-0.3, -0.25) is 0 Å². The number of hydrogen-bond acceptors (Lipinski definition) is 6. The molecule has 0 radical (unpaired) electrons. The van der Waals surface area contributed by atoms with Crippen LogP contribution in [0.2, 0.25) is 0 Å².